The van der Waals surface area contributed by atoms with Gasteiger partial charge in [-0.25, -0.2) is 24.5 Å². The number of phenols is 2. The number of ether oxygens (including phenoxy) is 1. The summed E-state index contributed by atoms with van der Waals surface area (Å²) in [4.78, 5) is 82.8. The van der Waals surface area contributed by atoms with Gasteiger partial charge in [-0.15, -0.1) is 23.1 Å². The van der Waals surface area contributed by atoms with Gasteiger partial charge in [0.15, 0.2) is 33.9 Å². The van der Waals surface area contributed by atoms with Crippen molar-refractivity contribution >= 4 is 80.6 Å². The van der Waals surface area contributed by atoms with Crippen molar-refractivity contribution in [1.82, 2.24) is 30.5 Å². The molecule has 4 aromatic rings. The predicted octanol–water partition coefficient (Wildman–Crippen LogP) is 2.01. The van der Waals surface area contributed by atoms with E-state index in [4.69, 9.17) is 15.3 Å². The van der Waals surface area contributed by atoms with E-state index in [-0.39, 0.29) is 63.7 Å². The fourth-order valence-electron chi connectivity index (χ4n) is 5.16. The molecule has 1 unspecified atom stereocenters. The topological polar surface area (TPSA) is 301 Å². The Morgan fingerprint density at radius 3 is 2.36 bits per heavy atom. The molecule has 0 saturated carbocycles. The lowest BCUT2D eigenvalue weighted by Gasteiger charge is -2.49. The number of carboxylic acids is 1. The number of β-lactam (4-membered cyclic amide) rings is 1. The number of carboxylic acid groups (broad SMARTS) is 2. The minimum absolute atomic E-state index is 0.0405. The molecule has 0 aliphatic carbocycles. The van der Waals surface area contributed by atoms with E-state index in [9.17, 15) is 44.4 Å². The molecule has 3 amide bonds. The van der Waals surface area contributed by atoms with Crippen molar-refractivity contribution in [3.63, 3.8) is 0 Å². The van der Waals surface area contributed by atoms with Crippen LogP contribution in [0.3, 0.4) is 0 Å². The highest BCUT2D eigenvalue weighted by Crippen LogP contribution is 2.41. The summed E-state index contributed by atoms with van der Waals surface area (Å²) in [6, 6.07) is 10.3. The molecule has 4 heterocycles. The van der Waals surface area contributed by atoms with Crippen LogP contribution in [0.4, 0.5) is 15.7 Å². The van der Waals surface area contributed by atoms with E-state index in [1.165, 1.54) is 25.3 Å². The van der Waals surface area contributed by atoms with Gasteiger partial charge >= 0.3 is 12.1 Å². The fourth-order valence-corrected chi connectivity index (χ4v) is 7.03. The second-order valence-electron chi connectivity index (χ2n) is 12.3. The number of thiazole rings is 1. The number of fused-ring (bicyclic) bond motifs is 2. The van der Waals surface area contributed by atoms with Gasteiger partial charge in [0.1, 0.15) is 17.1 Å². The minimum Gasteiger partial charge on any atom is -0.504 e. The summed E-state index contributed by atoms with van der Waals surface area (Å²) in [6.07, 6.45) is -1.74. The molecule has 2 atom stereocenters. The van der Waals surface area contributed by atoms with Crippen molar-refractivity contribution in [2.45, 2.75) is 37.4 Å². The van der Waals surface area contributed by atoms with Crippen LogP contribution in [0.15, 0.2) is 64.5 Å². The van der Waals surface area contributed by atoms with Crippen LogP contribution >= 0.6 is 23.1 Å². The van der Waals surface area contributed by atoms with Gasteiger partial charge in [-0.05, 0) is 19.4 Å². The first kappa shape index (κ1) is 38.1. The smallest absolute Gasteiger partial charge is 0.504 e. The van der Waals surface area contributed by atoms with Gasteiger partial charge in [0.2, 0.25) is 11.5 Å². The quantitative estimate of drug-likeness (QED) is 0.0316. The van der Waals surface area contributed by atoms with Gasteiger partial charge in [-0.2, -0.15) is 0 Å². The number of hydrogen-bond acceptors (Lipinski definition) is 17. The summed E-state index contributed by atoms with van der Waals surface area (Å²) in [5.74, 6) is -5.03. The molecular weight excluding hydrogens is 763 g/mol. The SMILES string of the molecule is CC(C)(O/N=C(\C(=O)NC1C(=O)N2C(OC(=O)O)=C(CNC(=O)c3nc4cc(O)c(O)cc4nc3NCc3ccccc3)CS[C@@H]12)c1csc(N)n1)C(=O)O. The first-order valence-corrected chi connectivity index (χ1v) is 17.9. The lowest BCUT2D eigenvalue weighted by molar-refractivity contribution is -0.161. The van der Waals surface area contributed by atoms with Crippen LogP contribution in [-0.4, -0.2) is 105 Å². The number of oxime groups is 1. The van der Waals surface area contributed by atoms with Gasteiger partial charge in [0.25, 0.3) is 17.7 Å². The molecule has 1 fully saturated rings. The number of benzene rings is 2. The number of hydrogen-bond donors (Lipinski definition) is 8. The number of amides is 3. The molecule has 0 radical (unpaired) electrons. The fraction of sp³-hybridized carbons (Fsp3) is 0.242. The second-order valence-corrected chi connectivity index (χ2v) is 14.3. The summed E-state index contributed by atoms with van der Waals surface area (Å²) in [6.45, 7) is 2.36. The van der Waals surface area contributed by atoms with Crippen LogP contribution in [0.25, 0.3) is 11.0 Å². The number of aromatic nitrogens is 3. The molecule has 20 nitrogen and oxygen atoms in total. The Morgan fingerprint density at radius 2 is 1.73 bits per heavy atom. The number of rotatable bonds is 13. The molecule has 1 saturated heterocycles. The normalized spacial score (nSPS) is 16.9. The third kappa shape index (κ3) is 8.13. The Balaban J connectivity index is 1.21. The maximum Gasteiger partial charge on any atom is 0.512 e. The number of aromatic hydroxyl groups is 2. The number of nitrogen functional groups attached to an aromatic ring is 1. The third-order valence-corrected chi connectivity index (χ3v) is 10.1. The minimum atomic E-state index is -1.83. The molecule has 286 valence electrons. The van der Waals surface area contributed by atoms with Gasteiger partial charge in [-0.3, -0.25) is 19.3 Å². The van der Waals surface area contributed by atoms with Crippen molar-refractivity contribution in [2.75, 3.05) is 23.3 Å². The van der Waals surface area contributed by atoms with Gasteiger partial charge in [-0.1, -0.05) is 35.5 Å². The summed E-state index contributed by atoms with van der Waals surface area (Å²) in [7, 11) is 0. The van der Waals surface area contributed by atoms with Gasteiger partial charge in [0.05, 0.1) is 11.0 Å². The lowest BCUT2D eigenvalue weighted by atomic mass is 10.1. The van der Waals surface area contributed by atoms with E-state index < -0.39 is 64.1 Å². The number of carbonyl (C=O) groups excluding carboxylic acids is 3. The van der Waals surface area contributed by atoms with Crippen molar-refractivity contribution in [1.29, 1.82) is 0 Å². The number of thioether (sulfide) groups is 1. The Morgan fingerprint density at radius 1 is 1.04 bits per heavy atom. The van der Waals surface area contributed by atoms with Crippen LogP contribution in [0, 0.1) is 0 Å². The highest BCUT2D eigenvalue weighted by molar-refractivity contribution is 8.00. The molecule has 0 bridgehead atoms. The zero-order valence-corrected chi connectivity index (χ0v) is 30.3. The van der Waals surface area contributed by atoms with E-state index in [0.29, 0.717) is 0 Å². The molecule has 55 heavy (non-hydrogen) atoms. The largest absolute Gasteiger partial charge is 0.512 e. The van der Waals surface area contributed by atoms with E-state index in [1.807, 2.05) is 30.3 Å². The Labute approximate surface area is 318 Å². The average Bonchev–Trinajstić information content (AvgIpc) is 3.57. The summed E-state index contributed by atoms with van der Waals surface area (Å²) in [5.41, 5.74) is 4.54. The van der Waals surface area contributed by atoms with E-state index in [2.05, 4.69) is 36.1 Å². The number of anilines is 2. The molecule has 22 heteroatoms. The maximum atomic E-state index is 13.6. The number of nitrogens with one attached hydrogen (secondary N) is 3. The number of phenolic OH excluding ortho intramolecular Hbond substituents is 2. The molecule has 6 rings (SSSR count). The molecule has 9 N–H and O–H groups in total. The maximum absolute atomic E-state index is 13.6. The second kappa shape index (κ2) is 15.4. The number of nitrogens with zero attached hydrogens (tertiary/aromatic N) is 5. The number of carbonyl (C=O) groups is 5. The third-order valence-electron chi connectivity index (χ3n) is 8.06. The monoisotopic (exact) mass is 793 g/mol. The summed E-state index contributed by atoms with van der Waals surface area (Å²) < 4.78 is 5.02. The molecule has 2 aromatic carbocycles. The average molecular weight is 794 g/mol. The van der Waals surface area contributed by atoms with Crippen molar-refractivity contribution < 1.29 is 54.0 Å². The molecular formula is C33H31N9O11S2. The highest BCUT2D eigenvalue weighted by atomic mass is 32.2. The van der Waals surface area contributed by atoms with E-state index >= 15 is 0 Å². The van der Waals surface area contributed by atoms with Crippen LogP contribution in [0.2, 0.25) is 0 Å². The summed E-state index contributed by atoms with van der Waals surface area (Å²) >= 11 is 2.11. The van der Waals surface area contributed by atoms with Crippen LogP contribution in [0.1, 0.15) is 35.6 Å². The predicted molar refractivity (Wildman–Crippen MR) is 196 cm³/mol. The van der Waals surface area contributed by atoms with Gasteiger partial charge in [0, 0.05) is 41.9 Å². The number of aliphatic carboxylic acids is 1. The Hall–Kier alpha value is -6.68. The summed E-state index contributed by atoms with van der Waals surface area (Å²) in [5, 5.41) is 51.6. The zero-order valence-electron chi connectivity index (χ0n) is 28.7. The Kier molecular flexibility index (Phi) is 10.6. The van der Waals surface area contributed by atoms with Crippen LogP contribution in [-0.2, 0) is 30.5 Å². The lowest BCUT2D eigenvalue weighted by Crippen LogP contribution is -2.70. The van der Waals surface area contributed by atoms with Crippen LogP contribution < -0.4 is 21.7 Å². The standard InChI is InChI=1S/C33H31N9O11S2/c1-33(2,30(48)49)53-41-21(18-13-55-31(34)39-18)26(46)40-23-27(47)42-28(52-32(50)51)15(12-54-29(23)42)11-36-25(45)22-24(35-10-14-6-4-3-5-7-14)38-17-9-20(44)19(43)8-16(17)37-22/h3-9,13,23,29,43-44H,10-12H2,1-2H3,(H2,34,39)(H,35,38)(H,36,45)(H,40,46)(H,48,49)(H,50,51)/b41-21-/t23?,29-/m0/s1. The first-order chi connectivity index (χ1) is 26.1. The van der Waals surface area contributed by atoms with Crippen LogP contribution in [0.5, 0.6) is 11.5 Å². The van der Waals surface area contributed by atoms with Gasteiger partial charge < -0.3 is 51.7 Å². The molecule has 2 aliphatic heterocycles. The van der Waals surface area contributed by atoms with E-state index in [0.717, 1.165) is 39.6 Å². The zero-order chi connectivity index (χ0) is 39.6. The molecule has 2 aliphatic rings. The van der Waals surface area contributed by atoms with Crippen molar-refractivity contribution in [3.05, 3.63) is 76.3 Å². The van der Waals surface area contributed by atoms with Crippen molar-refractivity contribution in [3.8, 4) is 11.5 Å². The number of nitrogens with two attached hydrogens (primary N) is 1. The highest BCUT2D eigenvalue weighted by Gasteiger charge is 2.54. The Bertz CT molecular complexity index is 2280. The first-order valence-electron chi connectivity index (χ1n) is 16.0. The molecule has 2 aromatic heterocycles. The van der Waals surface area contributed by atoms with Crippen molar-refractivity contribution in [2.24, 2.45) is 5.16 Å². The van der Waals surface area contributed by atoms with E-state index in [1.54, 1.807) is 0 Å². The molecule has 0 spiro atoms.